The Kier molecular flexibility index (Phi) is 4.92. The van der Waals surface area contributed by atoms with Gasteiger partial charge < -0.3 is 5.73 Å². The molecule has 5 N–H and O–H groups in total. The van der Waals surface area contributed by atoms with E-state index in [0.717, 1.165) is 4.90 Å². The third-order valence-corrected chi connectivity index (χ3v) is 3.79. The minimum atomic E-state index is -0.181. The van der Waals surface area contributed by atoms with E-state index in [-0.39, 0.29) is 11.8 Å². The standard InChI is InChI=1S/C10H14ClN3OS/c1-6(10(15)14-13)5-16-9-3-2-7(12)4-8(9)11/h2-4,6H,5,12-13H2,1H3,(H,14,15). The smallest absolute Gasteiger partial charge is 0.237 e. The SMILES string of the molecule is CC(CSc1ccc(N)cc1Cl)C(=O)NN. The Balaban J connectivity index is 2.58. The maximum absolute atomic E-state index is 11.2. The fourth-order valence-corrected chi connectivity index (χ4v) is 2.36. The van der Waals surface area contributed by atoms with Crippen LogP contribution in [0.3, 0.4) is 0 Å². The first kappa shape index (κ1) is 13.2. The van der Waals surface area contributed by atoms with Gasteiger partial charge in [-0.15, -0.1) is 11.8 Å². The number of carbonyl (C=O) groups excluding carboxylic acids is 1. The van der Waals surface area contributed by atoms with E-state index in [1.165, 1.54) is 11.8 Å². The molecule has 1 aromatic carbocycles. The zero-order valence-electron chi connectivity index (χ0n) is 8.87. The van der Waals surface area contributed by atoms with E-state index in [9.17, 15) is 4.79 Å². The van der Waals surface area contributed by atoms with Crippen LogP contribution in [0.25, 0.3) is 0 Å². The van der Waals surface area contributed by atoms with Crippen LogP contribution in [0.5, 0.6) is 0 Å². The Labute approximate surface area is 104 Å². The topological polar surface area (TPSA) is 81.1 Å². The van der Waals surface area contributed by atoms with Crippen molar-refractivity contribution in [2.75, 3.05) is 11.5 Å². The molecule has 16 heavy (non-hydrogen) atoms. The van der Waals surface area contributed by atoms with Crippen LogP contribution in [0.15, 0.2) is 23.1 Å². The minimum absolute atomic E-state index is 0.163. The monoisotopic (exact) mass is 259 g/mol. The summed E-state index contributed by atoms with van der Waals surface area (Å²) in [5.41, 5.74) is 8.33. The zero-order valence-corrected chi connectivity index (χ0v) is 10.4. The summed E-state index contributed by atoms with van der Waals surface area (Å²) in [6.07, 6.45) is 0. The van der Waals surface area contributed by atoms with Crippen molar-refractivity contribution in [3.8, 4) is 0 Å². The Morgan fingerprint density at radius 1 is 1.62 bits per heavy atom. The molecule has 1 amide bonds. The highest BCUT2D eigenvalue weighted by atomic mass is 35.5. The summed E-state index contributed by atoms with van der Waals surface area (Å²) >= 11 is 7.50. The van der Waals surface area contributed by atoms with Crippen LogP contribution >= 0.6 is 23.4 Å². The average Bonchev–Trinajstić information content (AvgIpc) is 2.26. The van der Waals surface area contributed by atoms with Crippen LogP contribution in [-0.4, -0.2) is 11.7 Å². The number of nitrogen functional groups attached to an aromatic ring is 1. The first-order valence-electron chi connectivity index (χ1n) is 4.73. The third kappa shape index (κ3) is 3.59. The fourth-order valence-electron chi connectivity index (χ4n) is 1.07. The molecule has 6 heteroatoms. The number of anilines is 1. The van der Waals surface area contributed by atoms with E-state index in [1.807, 2.05) is 6.07 Å². The number of hydrogen-bond donors (Lipinski definition) is 3. The number of nitrogens with two attached hydrogens (primary N) is 2. The van der Waals surface area contributed by atoms with Crippen molar-refractivity contribution in [2.45, 2.75) is 11.8 Å². The lowest BCUT2D eigenvalue weighted by Gasteiger charge is -2.10. The Morgan fingerprint density at radius 3 is 2.88 bits per heavy atom. The predicted molar refractivity (Wildman–Crippen MR) is 68.1 cm³/mol. The van der Waals surface area contributed by atoms with Crippen molar-refractivity contribution < 1.29 is 4.79 Å². The number of halogens is 1. The zero-order chi connectivity index (χ0) is 12.1. The molecule has 0 heterocycles. The summed E-state index contributed by atoms with van der Waals surface area (Å²) in [5.74, 6) is 5.31. The molecule has 1 unspecified atom stereocenters. The van der Waals surface area contributed by atoms with Gasteiger partial charge in [-0.2, -0.15) is 0 Å². The van der Waals surface area contributed by atoms with Gasteiger partial charge in [0.25, 0.3) is 0 Å². The molecular weight excluding hydrogens is 246 g/mol. The van der Waals surface area contributed by atoms with Gasteiger partial charge in [-0.25, -0.2) is 5.84 Å². The molecule has 0 aliphatic carbocycles. The summed E-state index contributed by atoms with van der Waals surface area (Å²) in [7, 11) is 0. The van der Waals surface area contributed by atoms with Crippen molar-refractivity contribution in [1.82, 2.24) is 5.43 Å². The number of hydrazine groups is 1. The number of carbonyl (C=O) groups is 1. The summed E-state index contributed by atoms with van der Waals surface area (Å²) in [5, 5.41) is 0.602. The number of rotatable bonds is 4. The molecule has 4 nitrogen and oxygen atoms in total. The van der Waals surface area contributed by atoms with Crippen LogP contribution in [0.2, 0.25) is 5.02 Å². The van der Waals surface area contributed by atoms with E-state index >= 15 is 0 Å². The second-order valence-electron chi connectivity index (χ2n) is 3.41. The molecule has 0 aliphatic heterocycles. The summed E-state index contributed by atoms with van der Waals surface area (Å²) in [6.45, 7) is 1.81. The molecule has 1 rings (SSSR count). The second kappa shape index (κ2) is 5.98. The molecule has 0 aromatic heterocycles. The molecule has 88 valence electrons. The molecule has 1 aromatic rings. The molecule has 0 radical (unpaired) electrons. The largest absolute Gasteiger partial charge is 0.399 e. The van der Waals surface area contributed by atoms with Gasteiger partial charge in [-0.1, -0.05) is 18.5 Å². The van der Waals surface area contributed by atoms with E-state index in [1.54, 1.807) is 19.1 Å². The van der Waals surface area contributed by atoms with Gasteiger partial charge in [0.15, 0.2) is 0 Å². The molecule has 0 fully saturated rings. The van der Waals surface area contributed by atoms with Gasteiger partial charge in [-0.3, -0.25) is 10.2 Å². The van der Waals surface area contributed by atoms with Crippen LogP contribution in [0.4, 0.5) is 5.69 Å². The lowest BCUT2D eigenvalue weighted by Crippen LogP contribution is -2.35. The second-order valence-corrected chi connectivity index (χ2v) is 4.88. The van der Waals surface area contributed by atoms with Crippen LogP contribution in [0, 0.1) is 5.92 Å². The minimum Gasteiger partial charge on any atom is -0.399 e. The number of nitrogens with one attached hydrogen (secondary N) is 1. The molecular formula is C10H14ClN3OS. The van der Waals surface area contributed by atoms with E-state index < -0.39 is 0 Å². The van der Waals surface area contributed by atoms with Gasteiger partial charge in [0, 0.05) is 22.3 Å². The van der Waals surface area contributed by atoms with Crippen molar-refractivity contribution in [3.05, 3.63) is 23.2 Å². The molecule has 0 bridgehead atoms. The van der Waals surface area contributed by atoms with Gasteiger partial charge in [0.05, 0.1) is 5.02 Å². The van der Waals surface area contributed by atoms with Crippen LogP contribution in [-0.2, 0) is 4.79 Å². The third-order valence-electron chi connectivity index (χ3n) is 2.03. The molecule has 0 saturated heterocycles. The lowest BCUT2D eigenvalue weighted by molar-refractivity contribution is -0.123. The van der Waals surface area contributed by atoms with Gasteiger partial charge in [-0.05, 0) is 18.2 Å². The average molecular weight is 260 g/mol. The number of benzene rings is 1. The van der Waals surface area contributed by atoms with Gasteiger partial charge in [0.2, 0.25) is 5.91 Å². The first-order chi connectivity index (χ1) is 7.54. The van der Waals surface area contributed by atoms with Crippen LogP contribution in [0.1, 0.15) is 6.92 Å². The Hall–Kier alpha value is -0.910. The van der Waals surface area contributed by atoms with Crippen molar-refractivity contribution in [2.24, 2.45) is 11.8 Å². The highest BCUT2D eigenvalue weighted by Crippen LogP contribution is 2.29. The van der Waals surface area contributed by atoms with Gasteiger partial charge >= 0.3 is 0 Å². The number of amides is 1. The Morgan fingerprint density at radius 2 is 2.31 bits per heavy atom. The Bertz CT molecular complexity index is 386. The van der Waals surface area contributed by atoms with Crippen molar-refractivity contribution in [3.63, 3.8) is 0 Å². The highest BCUT2D eigenvalue weighted by Gasteiger charge is 2.12. The lowest BCUT2D eigenvalue weighted by atomic mass is 10.2. The van der Waals surface area contributed by atoms with Crippen molar-refractivity contribution >= 4 is 35.0 Å². The van der Waals surface area contributed by atoms with E-state index in [2.05, 4.69) is 5.43 Å². The van der Waals surface area contributed by atoms with E-state index in [0.29, 0.717) is 16.5 Å². The molecule has 0 saturated carbocycles. The summed E-state index contributed by atoms with van der Waals surface area (Å²) in [4.78, 5) is 12.1. The predicted octanol–water partition coefficient (Wildman–Crippen LogP) is 1.64. The summed E-state index contributed by atoms with van der Waals surface area (Å²) in [6, 6.07) is 5.31. The fraction of sp³-hybridized carbons (Fsp3) is 0.300. The van der Waals surface area contributed by atoms with Crippen molar-refractivity contribution in [1.29, 1.82) is 0 Å². The maximum Gasteiger partial charge on any atom is 0.237 e. The molecule has 0 spiro atoms. The van der Waals surface area contributed by atoms with Crippen LogP contribution < -0.4 is 17.0 Å². The number of thioether (sulfide) groups is 1. The normalized spacial score (nSPS) is 12.2. The highest BCUT2D eigenvalue weighted by molar-refractivity contribution is 7.99. The maximum atomic E-state index is 11.2. The summed E-state index contributed by atoms with van der Waals surface area (Å²) < 4.78 is 0. The number of hydrogen-bond acceptors (Lipinski definition) is 4. The first-order valence-corrected chi connectivity index (χ1v) is 6.09. The molecule has 1 atom stereocenters. The van der Waals surface area contributed by atoms with Gasteiger partial charge in [0.1, 0.15) is 0 Å². The van der Waals surface area contributed by atoms with E-state index in [4.69, 9.17) is 23.2 Å². The quantitative estimate of drug-likeness (QED) is 0.252. The molecule has 0 aliphatic rings.